The van der Waals surface area contributed by atoms with E-state index in [-0.39, 0.29) is 28.0 Å². The largest absolute Gasteiger partial charge is 0.492 e. The Bertz CT molecular complexity index is 904. The maximum atomic E-state index is 13.1. The van der Waals surface area contributed by atoms with E-state index >= 15 is 0 Å². The molecule has 0 aliphatic carbocycles. The minimum Gasteiger partial charge on any atom is -0.492 e. The number of amides is 1. The zero-order valence-corrected chi connectivity index (χ0v) is 18.2. The molecule has 2 aromatic carbocycles. The van der Waals surface area contributed by atoms with Crippen molar-refractivity contribution in [3.63, 3.8) is 0 Å². The van der Waals surface area contributed by atoms with Crippen molar-refractivity contribution in [1.29, 1.82) is 0 Å². The van der Waals surface area contributed by atoms with Gasteiger partial charge in [0.15, 0.2) is 0 Å². The van der Waals surface area contributed by atoms with Gasteiger partial charge in [-0.25, -0.2) is 8.42 Å². The molecule has 1 atom stereocenters. The van der Waals surface area contributed by atoms with Crippen molar-refractivity contribution < 1.29 is 17.9 Å². The fourth-order valence-corrected chi connectivity index (χ4v) is 4.37. The van der Waals surface area contributed by atoms with Crippen molar-refractivity contribution in [1.82, 2.24) is 10.0 Å². The third-order valence-electron chi connectivity index (χ3n) is 4.22. The van der Waals surface area contributed by atoms with Crippen LogP contribution in [0.25, 0.3) is 0 Å². The molecule has 2 N–H and O–H groups in total. The number of hydrogen-bond acceptors (Lipinski definition) is 4. The number of ether oxygens (including phenoxy) is 1. The highest BCUT2D eigenvalue weighted by Crippen LogP contribution is 2.27. The lowest BCUT2D eigenvalue weighted by atomic mass is 10.1. The summed E-state index contributed by atoms with van der Waals surface area (Å²) in [5, 5.41) is 3.07. The molecule has 0 spiro atoms. The lowest BCUT2D eigenvalue weighted by Crippen LogP contribution is -2.48. The van der Waals surface area contributed by atoms with Gasteiger partial charge in [0.05, 0.1) is 6.61 Å². The van der Waals surface area contributed by atoms with Crippen molar-refractivity contribution in [2.75, 3.05) is 13.2 Å². The van der Waals surface area contributed by atoms with E-state index in [1.54, 1.807) is 13.0 Å². The number of carbonyl (C=O) groups excluding carboxylic acids is 1. The summed E-state index contributed by atoms with van der Waals surface area (Å²) >= 11 is 6.01. The fraction of sp³-hybridized carbons (Fsp3) is 0.381. The van der Waals surface area contributed by atoms with Crippen molar-refractivity contribution in [3.8, 4) is 5.75 Å². The van der Waals surface area contributed by atoms with Crippen LogP contribution >= 0.6 is 11.6 Å². The molecule has 6 nitrogen and oxygen atoms in total. The van der Waals surface area contributed by atoms with Gasteiger partial charge in [-0.2, -0.15) is 4.72 Å². The second-order valence-electron chi connectivity index (χ2n) is 6.53. The number of carbonyl (C=O) groups is 1. The summed E-state index contributed by atoms with van der Waals surface area (Å²) < 4.78 is 34.1. The summed E-state index contributed by atoms with van der Waals surface area (Å²) in [4.78, 5) is 12.6. The van der Waals surface area contributed by atoms with Gasteiger partial charge in [-0.05, 0) is 43.5 Å². The molecule has 2 aromatic rings. The maximum Gasteiger partial charge on any atom is 0.245 e. The topological polar surface area (TPSA) is 84.5 Å². The number of benzene rings is 2. The molecule has 8 heteroatoms. The number of unbranched alkanes of at least 4 members (excludes halogenated alkanes) is 1. The molecule has 0 radical (unpaired) electrons. The highest BCUT2D eigenvalue weighted by molar-refractivity contribution is 7.89. The van der Waals surface area contributed by atoms with E-state index in [9.17, 15) is 13.2 Å². The Morgan fingerprint density at radius 2 is 1.86 bits per heavy atom. The van der Waals surface area contributed by atoms with Gasteiger partial charge in [-0.15, -0.1) is 0 Å². The van der Waals surface area contributed by atoms with Crippen LogP contribution < -0.4 is 14.8 Å². The van der Waals surface area contributed by atoms with Crippen LogP contribution in [-0.4, -0.2) is 33.5 Å². The van der Waals surface area contributed by atoms with Gasteiger partial charge in [-0.3, -0.25) is 4.79 Å². The Labute approximate surface area is 177 Å². The summed E-state index contributed by atoms with van der Waals surface area (Å²) in [6, 6.07) is 12.7. The zero-order valence-electron chi connectivity index (χ0n) is 16.7. The van der Waals surface area contributed by atoms with Crippen LogP contribution in [0.15, 0.2) is 53.4 Å². The van der Waals surface area contributed by atoms with Gasteiger partial charge in [-0.1, -0.05) is 55.3 Å². The van der Waals surface area contributed by atoms with E-state index in [4.69, 9.17) is 16.3 Å². The van der Waals surface area contributed by atoms with Crippen LogP contribution in [0, 0.1) is 0 Å². The minimum absolute atomic E-state index is 0.0914. The van der Waals surface area contributed by atoms with Crippen molar-refractivity contribution in [2.45, 2.75) is 44.0 Å². The van der Waals surface area contributed by atoms with Gasteiger partial charge in [0.25, 0.3) is 0 Å². The van der Waals surface area contributed by atoms with Crippen LogP contribution in [0.3, 0.4) is 0 Å². The van der Waals surface area contributed by atoms with E-state index in [1.807, 2.05) is 37.3 Å². The average molecular weight is 439 g/mol. The SMILES string of the molecule is CCCCNC(=O)C(Cc1ccccc1)NS(=O)(=O)c1cc(Cl)ccc1OCC. The second kappa shape index (κ2) is 11.2. The fourth-order valence-electron chi connectivity index (χ4n) is 2.77. The molecular weight excluding hydrogens is 412 g/mol. The highest BCUT2D eigenvalue weighted by atomic mass is 35.5. The Hall–Kier alpha value is -2.09. The van der Waals surface area contributed by atoms with Crippen LogP contribution in [0.5, 0.6) is 5.75 Å². The predicted octanol–water partition coefficient (Wildman–Crippen LogP) is 3.54. The van der Waals surface area contributed by atoms with Crippen molar-refractivity contribution >= 4 is 27.5 Å². The van der Waals surface area contributed by atoms with Gasteiger partial charge in [0.1, 0.15) is 16.7 Å². The van der Waals surface area contributed by atoms with E-state index < -0.39 is 16.1 Å². The van der Waals surface area contributed by atoms with Gasteiger partial charge >= 0.3 is 0 Å². The van der Waals surface area contributed by atoms with Crippen molar-refractivity contribution in [3.05, 3.63) is 59.1 Å². The zero-order chi connectivity index (χ0) is 21.3. The smallest absolute Gasteiger partial charge is 0.245 e. The molecule has 0 heterocycles. The van der Waals surface area contributed by atoms with E-state index in [0.29, 0.717) is 13.2 Å². The number of rotatable bonds is 11. The van der Waals surface area contributed by atoms with Gasteiger partial charge in [0.2, 0.25) is 15.9 Å². The summed E-state index contributed by atoms with van der Waals surface area (Å²) in [5.41, 5.74) is 0.849. The first-order valence-corrected chi connectivity index (χ1v) is 11.5. The first-order valence-electron chi connectivity index (χ1n) is 9.63. The third kappa shape index (κ3) is 7.03. The number of hydrogen-bond donors (Lipinski definition) is 2. The molecule has 0 aliphatic rings. The summed E-state index contributed by atoms with van der Waals surface area (Å²) in [6.07, 6.45) is 1.97. The van der Waals surface area contributed by atoms with E-state index in [0.717, 1.165) is 18.4 Å². The number of sulfonamides is 1. The Morgan fingerprint density at radius 3 is 2.52 bits per heavy atom. The van der Waals surface area contributed by atoms with Crippen LogP contribution in [0.2, 0.25) is 5.02 Å². The monoisotopic (exact) mass is 438 g/mol. The van der Waals surface area contributed by atoms with E-state index in [1.165, 1.54) is 12.1 Å². The Balaban J connectivity index is 2.31. The second-order valence-corrected chi connectivity index (χ2v) is 8.65. The minimum atomic E-state index is -4.05. The molecule has 2 rings (SSSR count). The quantitative estimate of drug-likeness (QED) is 0.525. The summed E-state index contributed by atoms with van der Waals surface area (Å²) in [6.45, 7) is 4.57. The number of nitrogens with one attached hydrogen (secondary N) is 2. The first kappa shape index (κ1) is 23.2. The molecule has 0 saturated heterocycles. The van der Waals surface area contributed by atoms with Crippen molar-refractivity contribution in [2.24, 2.45) is 0 Å². The molecule has 0 saturated carbocycles. The average Bonchev–Trinajstić information content (AvgIpc) is 2.69. The predicted molar refractivity (Wildman–Crippen MR) is 115 cm³/mol. The van der Waals surface area contributed by atoms with Crippen LogP contribution in [0.4, 0.5) is 0 Å². The summed E-state index contributed by atoms with van der Waals surface area (Å²) in [7, 11) is -4.05. The molecule has 0 fully saturated rings. The number of halogens is 1. The Morgan fingerprint density at radius 1 is 1.14 bits per heavy atom. The van der Waals surface area contributed by atoms with Crippen LogP contribution in [0.1, 0.15) is 32.3 Å². The Kier molecular flexibility index (Phi) is 8.95. The molecule has 158 valence electrons. The van der Waals surface area contributed by atoms with Crippen LogP contribution in [-0.2, 0) is 21.2 Å². The molecule has 1 amide bonds. The maximum absolute atomic E-state index is 13.1. The molecule has 0 aliphatic heterocycles. The third-order valence-corrected chi connectivity index (χ3v) is 5.95. The molecule has 0 aromatic heterocycles. The van der Waals surface area contributed by atoms with Gasteiger partial charge < -0.3 is 10.1 Å². The standard InChI is InChI=1S/C21H27ClN2O4S/c1-3-5-13-23-21(25)18(14-16-9-7-6-8-10-16)24-29(26,27)20-15-17(22)11-12-19(20)28-4-2/h6-12,15,18,24H,3-5,13-14H2,1-2H3,(H,23,25). The normalized spacial score (nSPS) is 12.4. The molecule has 29 heavy (non-hydrogen) atoms. The molecule has 1 unspecified atom stereocenters. The molecular formula is C21H27ClN2O4S. The lowest BCUT2D eigenvalue weighted by Gasteiger charge is -2.20. The van der Waals surface area contributed by atoms with Gasteiger partial charge in [0, 0.05) is 11.6 Å². The van der Waals surface area contributed by atoms with E-state index in [2.05, 4.69) is 10.0 Å². The summed E-state index contributed by atoms with van der Waals surface area (Å²) in [5.74, 6) is -0.180. The molecule has 0 bridgehead atoms. The highest BCUT2D eigenvalue weighted by Gasteiger charge is 2.28. The lowest BCUT2D eigenvalue weighted by molar-refractivity contribution is -0.122. The first-order chi connectivity index (χ1) is 13.9.